The van der Waals surface area contributed by atoms with E-state index in [0.717, 1.165) is 0 Å². The number of aliphatic hydroxyl groups is 1. The van der Waals surface area contributed by atoms with Crippen LogP contribution in [0.3, 0.4) is 0 Å². The molecule has 1 saturated heterocycles. The Morgan fingerprint density at radius 2 is 1.81 bits per heavy atom. The molecule has 1 aliphatic rings. The fourth-order valence-corrected chi connectivity index (χ4v) is 3.74. The maximum Gasteiger partial charge on any atom is 0.296 e. The van der Waals surface area contributed by atoms with E-state index in [0.29, 0.717) is 28.4 Å². The van der Waals surface area contributed by atoms with Crippen LogP contribution in [0.25, 0.3) is 5.76 Å². The maximum absolute atomic E-state index is 13.1. The van der Waals surface area contributed by atoms with Gasteiger partial charge in [0, 0.05) is 11.1 Å². The number of nitrogens with zero attached hydrogens (tertiary/aromatic N) is 1. The van der Waals surface area contributed by atoms with E-state index in [-0.39, 0.29) is 17.9 Å². The number of amides is 1. The number of ketones is 1. The second kappa shape index (κ2) is 8.39. The average Bonchev–Trinajstić information content (AvgIpc) is 3.41. The third kappa shape index (κ3) is 3.66. The van der Waals surface area contributed by atoms with E-state index < -0.39 is 17.7 Å². The van der Waals surface area contributed by atoms with Crippen LogP contribution in [0.15, 0.2) is 76.9 Å². The van der Waals surface area contributed by atoms with E-state index >= 15 is 0 Å². The molecular formula is C24H21NO6. The number of hydrogen-bond donors (Lipinski definition) is 1. The molecule has 0 aliphatic carbocycles. The van der Waals surface area contributed by atoms with E-state index in [4.69, 9.17) is 13.9 Å². The molecule has 31 heavy (non-hydrogen) atoms. The van der Waals surface area contributed by atoms with Crippen molar-refractivity contribution in [2.24, 2.45) is 0 Å². The standard InChI is InChI=1S/C24H21NO6/c1-29-16-10-11-19(30-2)18(13-16)21-20(22(26)15-7-4-3-5-8-15)23(27)24(28)25(21)14-17-9-6-12-31-17/h3-13,21,26H,14H2,1-2H3/b22-20-/t21-/m0/s1. The molecule has 4 rings (SSSR count). The van der Waals surface area contributed by atoms with Crippen molar-refractivity contribution in [2.75, 3.05) is 14.2 Å². The van der Waals surface area contributed by atoms with Crippen molar-refractivity contribution in [1.29, 1.82) is 0 Å². The van der Waals surface area contributed by atoms with Crippen LogP contribution in [0, 0.1) is 0 Å². The molecule has 2 aromatic carbocycles. The Balaban J connectivity index is 1.94. The van der Waals surface area contributed by atoms with Gasteiger partial charge in [-0.25, -0.2) is 0 Å². The smallest absolute Gasteiger partial charge is 0.296 e. The van der Waals surface area contributed by atoms with Crippen molar-refractivity contribution < 1.29 is 28.6 Å². The number of hydrogen-bond acceptors (Lipinski definition) is 6. The van der Waals surface area contributed by atoms with Crippen molar-refractivity contribution >= 4 is 17.4 Å². The Hall–Kier alpha value is -4.00. The summed E-state index contributed by atoms with van der Waals surface area (Å²) in [6.07, 6.45) is 1.50. The van der Waals surface area contributed by atoms with E-state index in [1.54, 1.807) is 60.7 Å². The molecule has 0 bridgehead atoms. The monoisotopic (exact) mass is 419 g/mol. The number of carbonyl (C=O) groups excluding carboxylic acids is 2. The fourth-order valence-electron chi connectivity index (χ4n) is 3.74. The summed E-state index contributed by atoms with van der Waals surface area (Å²) in [6, 6.07) is 16.3. The summed E-state index contributed by atoms with van der Waals surface area (Å²) >= 11 is 0. The first-order valence-electron chi connectivity index (χ1n) is 9.63. The number of Topliss-reactive ketones (excluding diaryl/α,β-unsaturated/α-hetero) is 1. The largest absolute Gasteiger partial charge is 0.507 e. The van der Waals surface area contributed by atoms with Gasteiger partial charge in [0.2, 0.25) is 0 Å². The van der Waals surface area contributed by atoms with Crippen molar-refractivity contribution in [3.63, 3.8) is 0 Å². The van der Waals surface area contributed by atoms with Gasteiger partial charge in [-0.1, -0.05) is 30.3 Å². The topological polar surface area (TPSA) is 89.2 Å². The lowest BCUT2D eigenvalue weighted by Gasteiger charge is -2.26. The summed E-state index contributed by atoms with van der Waals surface area (Å²) in [7, 11) is 3.02. The van der Waals surface area contributed by atoms with Gasteiger partial charge in [0.1, 0.15) is 23.0 Å². The number of benzene rings is 2. The minimum Gasteiger partial charge on any atom is -0.507 e. The van der Waals surface area contributed by atoms with E-state index in [9.17, 15) is 14.7 Å². The highest BCUT2D eigenvalue weighted by molar-refractivity contribution is 6.46. The Labute approximate surface area is 179 Å². The van der Waals surface area contributed by atoms with Crippen molar-refractivity contribution in [3.8, 4) is 11.5 Å². The summed E-state index contributed by atoms with van der Waals surface area (Å²) in [4.78, 5) is 27.5. The predicted molar refractivity (Wildman–Crippen MR) is 113 cm³/mol. The molecule has 0 radical (unpaired) electrons. The highest BCUT2D eigenvalue weighted by Gasteiger charge is 2.47. The van der Waals surface area contributed by atoms with E-state index in [1.807, 2.05) is 0 Å². The van der Waals surface area contributed by atoms with Gasteiger partial charge in [-0.15, -0.1) is 0 Å². The van der Waals surface area contributed by atoms with Gasteiger partial charge in [-0.05, 0) is 30.3 Å². The van der Waals surface area contributed by atoms with Crippen LogP contribution >= 0.6 is 0 Å². The normalized spacial score (nSPS) is 17.7. The first kappa shape index (κ1) is 20.3. The molecule has 2 heterocycles. The molecule has 3 aromatic rings. The molecule has 1 aromatic heterocycles. The molecule has 7 nitrogen and oxygen atoms in total. The lowest BCUT2D eigenvalue weighted by Crippen LogP contribution is -2.29. The molecule has 1 fully saturated rings. The number of carbonyl (C=O) groups is 2. The molecule has 7 heteroatoms. The van der Waals surface area contributed by atoms with Crippen LogP contribution in [0.2, 0.25) is 0 Å². The van der Waals surface area contributed by atoms with Crippen LogP contribution in [0.5, 0.6) is 11.5 Å². The molecule has 1 aliphatic heterocycles. The number of furan rings is 1. The summed E-state index contributed by atoms with van der Waals surface area (Å²) in [5.41, 5.74) is 0.935. The van der Waals surface area contributed by atoms with Crippen LogP contribution in [0.4, 0.5) is 0 Å². The van der Waals surface area contributed by atoms with Gasteiger partial charge in [-0.2, -0.15) is 0 Å². The van der Waals surface area contributed by atoms with Crippen LogP contribution in [-0.2, 0) is 16.1 Å². The molecule has 1 N–H and O–H groups in total. The number of ether oxygens (including phenoxy) is 2. The maximum atomic E-state index is 13.1. The van der Waals surface area contributed by atoms with Gasteiger partial charge in [0.05, 0.1) is 38.6 Å². The van der Waals surface area contributed by atoms with Gasteiger partial charge >= 0.3 is 0 Å². The van der Waals surface area contributed by atoms with Gasteiger partial charge in [0.25, 0.3) is 11.7 Å². The SMILES string of the molecule is COc1ccc(OC)c([C@H]2/C(=C(/O)c3ccccc3)C(=O)C(=O)N2Cc2ccco2)c1. The highest BCUT2D eigenvalue weighted by Crippen LogP contribution is 2.44. The molecule has 1 atom stereocenters. The molecule has 158 valence electrons. The minimum atomic E-state index is -0.893. The predicted octanol–water partition coefficient (Wildman–Crippen LogP) is 3.92. The zero-order chi connectivity index (χ0) is 22.0. The third-order valence-electron chi connectivity index (χ3n) is 5.22. The summed E-state index contributed by atoms with van der Waals surface area (Å²) < 4.78 is 16.3. The minimum absolute atomic E-state index is 0.0192. The number of methoxy groups -OCH3 is 2. The van der Waals surface area contributed by atoms with Crippen molar-refractivity contribution in [1.82, 2.24) is 4.90 Å². The van der Waals surface area contributed by atoms with Crippen molar-refractivity contribution in [2.45, 2.75) is 12.6 Å². The van der Waals surface area contributed by atoms with Gasteiger partial charge in [0.15, 0.2) is 0 Å². The molecule has 0 unspecified atom stereocenters. The Morgan fingerprint density at radius 3 is 2.45 bits per heavy atom. The van der Waals surface area contributed by atoms with Crippen molar-refractivity contribution in [3.05, 3.63) is 89.4 Å². The van der Waals surface area contributed by atoms with E-state index in [2.05, 4.69) is 0 Å². The number of likely N-dealkylation sites (tertiary alicyclic amines) is 1. The summed E-state index contributed by atoms with van der Waals surface area (Å²) in [5, 5.41) is 11.1. The van der Waals surface area contributed by atoms with Crippen LogP contribution < -0.4 is 9.47 Å². The summed E-state index contributed by atoms with van der Waals surface area (Å²) in [6.45, 7) is 0.0498. The number of rotatable bonds is 6. The average molecular weight is 419 g/mol. The second-order valence-electron chi connectivity index (χ2n) is 6.98. The molecular weight excluding hydrogens is 398 g/mol. The first-order valence-corrected chi connectivity index (χ1v) is 9.63. The zero-order valence-electron chi connectivity index (χ0n) is 17.1. The lowest BCUT2D eigenvalue weighted by molar-refractivity contribution is -0.140. The quantitative estimate of drug-likeness (QED) is 0.370. The van der Waals surface area contributed by atoms with E-state index in [1.165, 1.54) is 25.4 Å². The first-order chi connectivity index (χ1) is 15.0. The van der Waals surface area contributed by atoms with Gasteiger partial charge < -0.3 is 23.9 Å². The Kier molecular flexibility index (Phi) is 5.49. The highest BCUT2D eigenvalue weighted by atomic mass is 16.5. The third-order valence-corrected chi connectivity index (χ3v) is 5.22. The Bertz CT molecular complexity index is 1130. The molecule has 1 amide bonds. The zero-order valence-corrected chi connectivity index (χ0v) is 17.1. The Morgan fingerprint density at radius 1 is 1.03 bits per heavy atom. The van der Waals surface area contributed by atoms with Crippen LogP contribution in [-0.4, -0.2) is 35.9 Å². The second-order valence-corrected chi connectivity index (χ2v) is 6.98. The lowest BCUT2D eigenvalue weighted by atomic mass is 9.94. The number of aliphatic hydroxyl groups excluding tert-OH is 1. The fraction of sp³-hybridized carbons (Fsp3) is 0.167. The molecule has 0 spiro atoms. The van der Waals surface area contributed by atoms with Gasteiger partial charge in [-0.3, -0.25) is 9.59 Å². The summed E-state index contributed by atoms with van der Waals surface area (Å²) in [5.74, 6) is -0.272. The molecule has 0 saturated carbocycles. The van der Waals surface area contributed by atoms with Crippen LogP contribution in [0.1, 0.15) is 22.9 Å².